The maximum Gasteiger partial charge on any atom is 0.416 e. The molecule has 0 aromatic heterocycles. The number of rotatable bonds is 6. The van der Waals surface area contributed by atoms with Crippen molar-refractivity contribution >= 4 is 35.8 Å². The number of aliphatic imine (C=N–C) groups is 1. The lowest BCUT2D eigenvalue weighted by Crippen LogP contribution is -2.41. The van der Waals surface area contributed by atoms with Gasteiger partial charge in [0.2, 0.25) is 5.91 Å². The van der Waals surface area contributed by atoms with E-state index in [1.807, 2.05) is 0 Å². The van der Waals surface area contributed by atoms with E-state index >= 15 is 0 Å². The summed E-state index contributed by atoms with van der Waals surface area (Å²) in [4.78, 5) is 16.0. The highest BCUT2D eigenvalue weighted by molar-refractivity contribution is 14.0. The summed E-state index contributed by atoms with van der Waals surface area (Å²) in [6, 6.07) is 5.43. The summed E-state index contributed by atoms with van der Waals surface area (Å²) < 4.78 is 38.2. The molecule has 3 N–H and O–H groups in total. The SMILES string of the molecule is CN=C(NCCC(=O)NC1CCCCC1)NCc1cccc(C(F)(F)F)c1.I. The Hall–Kier alpha value is -1.52. The third-order valence-electron chi connectivity index (χ3n) is 4.55. The number of nitrogens with one attached hydrogen (secondary N) is 3. The molecule has 0 aliphatic heterocycles. The summed E-state index contributed by atoms with van der Waals surface area (Å²) in [6.07, 6.45) is 1.60. The van der Waals surface area contributed by atoms with Crippen molar-refractivity contribution < 1.29 is 18.0 Å². The first-order valence-electron chi connectivity index (χ1n) is 9.28. The number of hydrogen-bond acceptors (Lipinski definition) is 2. The number of hydrogen-bond donors (Lipinski definition) is 3. The van der Waals surface area contributed by atoms with Crippen LogP contribution < -0.4 is 16.0 Å². The minimum Gasteiger partial charge on any atom is -0.356 e. The van der Waals surface area contributed by atoms with Gasteiger partial charge in [-0.15, -0.1) is 24.0 Å². The number of carbonyl (C=O) groups excluding carboxylic acids is 1. The van der Waals surface area contributed by atoms with Gasteiger partial charge in [0.25, 0.3) is 0 Å². The summed E-state index contributed by atoms with van der Waals surface area (Å²) in [6.45, 7) is 0.610. The fraction of sp³-hybridized carbons (Fsp3) is 0.579. The van der Waals surface area contributed by atoms with Crippen LogP contribution in [-0.2, 0) is 17.5 Å². The Morgan fingerprint density at radius 1 is 1.18 bits per heavy atom. The monoisotopic (exact) mass is 512 g/mol. The van der Waals surface area contributed by atoms with E-state index in [4.69, 9.17) is 0 Å². The number of amides is 1. The largest absolute Gasteiger partial charge is 0.416 e. The van der Waals surface area contributed by atoms with Gasteiger partial charge in [-0.1, -0.05) is 31.4 Å². The van der Waals surface area contributed by atoms with Crippen molar-refractivity contribution in [1.29, 1.82) is 0 Å². The van der Waals surface area contributed by atoms with Crippen LogP contribution in [0.4, 0.5) is 13.2 Å². The zero-order valence-electron chi connectivity index (χ0n) is 15.9. The van der Waals surface area contributed by atoms with Crippen molar-refractivity contribution in [3.63, 3.8) is 0 Å². The lowest BCUT2D eigenvalue weighted by molar-refractivity contribution is -0.137. The van der Waals surface area contributed by atoms with Gasteiger partial charge in [0.15, 0.2) is 5.96 Å². The molecule has 1 aromatic carbocycles. The van der Waals surface area contributed by atoms with E-state index in [9.17, 15) is 18.0 Å². The normalized spacial score (nSPS) is 15.5. The van der Waals surface area contributed by atoms with Gasteiger partial charge in [-0.25, -0.2) is 0 Å². The minimum atomic E-state index is -4.36. The number of carbonyl (C=O) groups is 1. The average Bonchev–Trinajstić information content (AvgIpc) is 2.65. The molecule has 2 rings (SSSR count). The lowest BCUT2D eigenvalue weighted by Gasteiger charge is -2.22. The Morgan fingerprint density at radius 2 is 1.89 bits per heavy atom. The summed E-state index contributed by atoms with van der Waals surface area (Å²) in [5, 5.41) is 9.01. The van der Waals surface area contributed by atoms with Crippen molar-refractivity contribution in [3.05, 3.63) is 35.4 Å². The van der Waals surface area contributed by atoms with Crippen LogP contribution in [0.3, 0.4) is 0 Å². The molecular weight excluding hydrogens is 484 g/mol. The Morgan fingerprint density at radius 3 is 2.54 bits per heavy atom. The van der Waals surface area contributed by atoms with Crippen LogP contribution in [0.1, 0.15) is 49.7 Å². The second kappa shape index (κ2) is 12.1. The van der Waals surface area contributed by atoms with Crippen molar-refractivity contribution in [2.24, 2.45) is 4.99 Å². The van der Waals surface area contributed by atoms with Gasteiger partial charge in [-0.05, 0) is 30.5 Å². The van der Waals surface area contributed by atoms with E-state index in [1.165, 1.54) is 12.5 Å². The van der Waals surface area contributed by atoms with Crippen molar-refractivity contribution in [1.82, 2.24) is 16.0 Å². The smallest absolute Gasteiger partial charge is 0.356 e. The van der Waals surface area contributed by atoms with Crippen LogP contribution in [-0.4, -0.2) is 31.5 Å². The van der Waals surface area contributed by atoms with E-state index in [2.05, 4.69) is 20.9 Å². The summed E-state index contributed by atoms with van der Waals surface area (Å²) in [5.74, 6) is 0.445. The molecule has 1 fully saturated rings. The molecule has 1 amide bonds. The van der Waals surface area contributed by atoms with Gasteiger partial charge >= 0.3 is 6.18 Å². The number of nitrogens with zero attached hydrogens (tertiary/aromatic N) is 1. The summed E-state index contributed by atoms with van der Waals surface area (Å²) in [5.41, 5.74) is -0.174. The van der Waals surface area contributed by atoms with Gasteiger partial charge in [0.05, 0.1) is 5.56 Å². The van der Waals surface area contributed by atoms with E-state index in [0.29, 0.717) is 24.5 Å². The first kappa shape index (κ1) is 24.5. The fourth-order valence-corrected chi connectivity index (χ4v) is 3.11. The van der Waals surface area contributed by atoms with Crippen molar-refractivity contribution in [2.75, 3.05) is 13.6 Å². The van der Waals surface area contributed by atoms with Crippen LogP contribution in [0.25, 0.3) is 0 Å². The van der Waals surface area contributed by atoms with Crippen LogP contribution in [0.2, 0.25) is 0 Å². The Bertz CT molecular complexity index is 646. The Labute approximate surface area is 181 Å². The minimum absolute atomic E-state index is 0. The van der Waals surface area contributed by atoms with E-state index < -0.39 is 11.7 Å². The quantitative estimate of drug-likeness (QED) is 0.309. The molecular formula is C19H28F3IN4O. The van der Waals surface area contributed by atoms with Gasteiger partial charge in [-0.2, -0.15) is 13.2 Å². The standard InChI is InChI=1S/C19H27F3N4O.HI/c1-23-18(24-11-10-17(27)26-16-8-3-2-4-9-16)25-13-14-6-5-7-15(12-14)19(20,21)22;/h5-7,12,16H,2-4,8-11,13H2,1H3,(H,26,27)(H2,23,24,25);1H. The van der Waals surface area contributed by atoms with Gasteiger partial charge in [0, 0.05) is 32.6 Å². The molecule has 158 valence electrons. The van der Waals surface area contributed by atoms with Gasteiger partial charge in [-0.3, -0.25) is 9.79 Å². The third-order valence-corrected chi connectivity index (χ3v) is 4.55. The highest BCUT2D eigenvalue weighted by Gasteiger charge is 2.30. The van der Waals surface area contributed by atoms with Crippen LogP contribution in [0, 0.1) is 0 Å². The molecule has 1 aliphatic carbocycles. The molecule has 0 spiro atoms. The first-order valence-corrected chi connectivity index (χ1v) is 9.28. The lowest BCUT2D eigenvalue weighted by atomic mass is 9.95. The topological polar surface area (TPSA) is 65.5 Å². The number of benzene rings is 1. The van der Waals surface area contributed by atoms with E-state index in [1.54, 1.807) is 13.1 Å². The number of alkyl halides is 3. The highest BCUT2D eigenvalue weighted by atomic mass is 127. The average molecular weight is 512 g/mol. The molecule has 1 aliphatic rings. The fourth-order valence-electron chi connectivity index (χ4n) is 3.11. The molecule has 0 heterocycles. The molecule has 5 nitrogen and oxygen atoms in total. The van der Waals surface area contributed by atoms with Crippen molar-refractivity contribution in [3.8, 4) is 0 Å². The number of guanidine groups is 1. The Balaban J connectivity index is 0.00000392. The van der Waals surface area contributed by atoms with E-state index in [0.717, 1.165) is 37.8 Å². The molecule has 0 unspecified atom stereocenters. The molecule has 1 saturated carbocycles. The molecule has 9 heteroatoms. The second-order valence-electron chi connectivity index (χ2n) is 6.70. The molecule has 1 aromatic rings. The zero-order chi connectivity index (χ0) is 19.7. The van der Waals surface area contributed by atoms with Gasteiger partial charge in [0.1, 0.15) is 0 Å². The predicted octanol–water partition coefficient (Wildman–Crippen LogP) is 3.83. The molecule has 0 atom stereocenters. The van der Waals surface area contributed by atoms with Crippen molar-refractivity contribution in [2.45, 2.75) is 57.3 Å². The van der Waals surface area contributed by atoms with Crippen LogP contribution in [0.15, 0.2) is 29.3 Å². The zero-order valence-corrected chi connectivity index (χ0v) is 18.3. The number of halogens is 4. The van der Waals surface area contributed by atoms with E-state index in [-0.39, 0.29) is 42.5 Å². The summed E-state index contributed by atoms with van der Waals surface area (Å²) >= 11 is 0. The van der Waals surface area contributed by atoms with Gasteiger partial charge < -0.3 is 16.0 Å². The van der Waals surface area contributed by atoms with Crippen LogP contribution in [0.5, 0.6) is 0 Å². The maximum absolute atomic E-state index is 12.7. The molecule has 0 bridgehead atoms. The third kappa shape index (κ3) is 8.66. The molecule has 0 radical (unpaired) electrons. The summed E-state index contributed by atoms with van der Waals surface area (Å²) in [7, 11) is 1.57. The first-order chi connectivity index (χ1) is 12.9. The maximum atomic E-state index is 12.7. The predicted molar refractivity (Wildman–Crippen MR) is 115 cm³/mol. The Kier molecular flexibility index (Phi) is 10.6. The second-order valence-corrected chi connectivity index (χ2v) is 6.70. The van der Waals surface area contributed by atoms with Crippen LogP contribution >= 0.6 is 24.0 Å². The molecule has 28 heavy (non-hydrogen) atoms. The molecule has 0 saturated heterocycles. The highest BCUT2D eigenvalue weighted by Crippen LogP contribution is 2.29.